The first-order valence-corrected chi connectivity index (χ1v) is 6.94. The number of urea groups is 1. The number of rotatable bonds is 13. The molecular formula is C13H26N2O6. The molecular weight excluding hydrogens is 280 g/mol. The topological polar surface area (TPSA) is 106 Å². The molecule has 124 valence electrons. The second kappa shape index (κ2) is 13.6. The molecule has 1 atom stereocenters. The van der Waals surface area contributed by atoms with Crippen molar-refractivity contribution >= 4 is 12.0 Å². The molecule has 0 spiro atoms. The second-order valence-corrected chi connectivity index (χ2v) is 4.38. The fraction of sp³-hybridized carbons (Fsp3) is 0.846. The Kier molecular flexibility index (Phi) is 12.7. The summed E-state index contributed by atoms with van der Waals surface area (Å²) in [4.78, 5) is 22.5. The monoisotopic (exact) mass is 306 g/mol. The first kappa shape index (κ1) is 19.6. The van der Waals surface area contributed by atoms with Gasteiger partial charge in [0.25, 0.3) is 0 Å². The van der Waals surface area contributed by atoms with E-state index in [4.69, 9.17) is 19.3 Å². The lowest BCUT2D eigenvalue weighted by atomic mass is 10.1. The van der Waals surface area contributed by atoms with E-state index >= 15 is 0 Å². The summed E-state index contributed by atoms with van der Waals surface area (Å²) >= 11 is 0. The second-order valence-electron chi connectivity index (χ2n) is 4.38. The van der Waals surface area contributed by atoms with Gasteiger partial charge in [0, 0.05) is 34.0 Å². The number of nitrogens with one attached hydrogen (secondary N) is 2. The van der Waals surface area contributed by atoms with E-state index in [0.29, 0.717) is 52.2 Å². The lowest BCUT2D eigenvalue weighted by Crippen LogP contribution is -2.46. The molecule has 0 aromatic heterocycles. The molecule has 0 bridgehead atoms. The van der Waals surface area contributed by atoms with Gasteiger partial charge < -0.3 is 30.0 Å². The standard InChI is InChI=1S/C13H26N2O6/c1-19-7-3-5-11(12(16)17)15-13(18)14-6-4-8-21-10-9-20-2/h11H,3-10H2,1-2H3,(H,16,17)(H2,14,15,18). The van der Waals surface area contributed by atoms with Crippen LogP contribution in [0.25, 0.3) is 0 Å². The lowest BCUT2D eigenvalue weighted by molar-refractivity contribution is -0.139. The van der Waals surface area contributed by atoms with Crippen molar-refractivity contribution in [3.8, 4) is 0 Å². The van der Waals surface area contributed by atoms with Crippen LogP contribution in [0.4, 0.5) is 4.79 Å². The van der Waals surface area contributed by atoms with Crippen molar-refractivity contribution in [2.45, 2.75) is 25.3 Å². The van der Waals surface area contributed by atoms with Gasteiger partial charge in [0.1, 0.15) is 6.04 Å². The minimum absolute atomic E-state index is 0.330. The maximum absolute atomic E-state index is 11.5. The maximum atomic E-state index is 11.5. The number of hydrogen-bond acceptors (Lipinski definition) is 5. The highest BCUT2D eigenvalue weighted by Crippen LogP contribution is 1.98. The third kappa shape index (κ3) is 12.1. The summed E-state index contributed by atoms with van der Waals surface area (Å²) in [6, 6.07) is -1.39. The minimum atomic E-state index is -1.05. The van der Waals surface area contributed by atoms with Gasteiger partial charge in [-0.25, -0.2) is 9.59 Å². The third-order valence-electron chi connectivity index (χ3n) is 2.63. The summed E-state index contributed by atoms with van der Waals surface area (Å²) in [7, 11) is 3.14. The van der Waals surface area contributed by atoms with Gasteiger partial charge in [-0.2, -0.15) is 0 Å². The van der Waals surface area contributed by atoms with Gasteiger partial charge in [0.15, 0.2) is 0 Å². The van der Waals surface area contributed by atoms with E-state index in [-0.39, 0.29) is 0 Å². The van der Waals surface area contributed by atoms with Crippen LogP contribution in [0.1, 0.15) is 19.3 Å². The van der Waals surface area contributed by atoms with Gasteiger partial charge in [-0.3, -0.25) is 0 Å². The highest BCUT2D eigenvalue weighted by Gasteiger charge is 2.18. The Morgan fingerprint density at radius 1 is 1.05 bits per heavy atom. The van der Waals surface area contributed by atoms with Gasteiger partial charge in [0.05, 0.1) is 13.2 Å². The predicted molar refractivity (Wildman–Crippen MR) is 76.4 cm³/mol. The summed E-state index contributed by atoms with van der Waals surface area (Å²) in [6.45, 7) is 2.45. The molecule has 0 radical (unpaired) electrons. The van der Waals surface area contributed by atoms with Crippen molar-refractivity contribution in [1.82, 2.24) is 10.6 Å². The van der Waals surface area contributed by atoms with Crippen molar-refractivity contribution in [3.05, 3.63) is 0 Å². The Morgan fingerprint density at radius 2 is 1.76 bits per heavy atom. The Hall–Kier alpha value is -1.38. The number of hydrogen-bond donors (Lipinski definition) is 3. The SMILES string of the molecule is COCCCC(NC(=O)NCCCOCCOC)C(=O)O. The molecule has 0 saturated carbocycles. The van der Waals surface area contributed by atoms with E-state index in [1.807, 2.05) is 0 Å². The largest absolute Gasteiger partial charge is 0.480 e. The number of carboxylic acid groups (broad SMARTS) is 1. The number of methoxy groups -OCH3 is 2. The molecule has 0 rings (SSSR count). The third-order valence-corrected chi connectivity index (χ3v) is 2.63. The zero-order valence-electron chi connectivity index (χ0n) is 12.7. The number of ether oxygens (including phenoxy) is 3. The molecule has 0 aliphatic heterocycles. The first-order chi connectivity index (χ1) is 10.1. The molecule has 0 aliphatic carbocycles. The molecule has 1 unspecified atom stereocenters. The molecule has 8 nitrogen and oxygen atoms in total. The van der Waals surface area contributed by atoms with Crippen molar-refractivity contribution in [2.75, 3.05) is 47.2 Å². The number of aliphatic carboxylic acids is 1. The van der Waals surface area contributed by atoms with Crippen LogP contribution in [-0.4, -0.2) is 70.3 Å². The van der Waals surface area contributed by atoms with Crippen LogP contribution >= 0.6 is 0 Å². The highest BCUT2D eigenvalue weighted by molar-refractivity contribution is 5.82. The molecule has 21 heavy (non-hydrogen) atoms. The summed E-state index contributed by atoms with van der Waals surface area (Å²) in [5, 5.41) is 14.0. The molecule has 2 amide bonds. The van der Waals surface area contributed by atoms with E-state index in [1.54, 1.807) is 14.2 Å². The maximum Gasteiger partial charge on any atom is 0.326 e. The van der Waals surface area contributed by atoms with Crippen LogP contribution in [-0.2, 0) is 19.0 Å². The van der Waals surface area contributed by atoms with Gasteiger partial charge in [0.2, 0.25) is 0 Å². The van der Waals surface area contributed by atoms with Crippen LogP contribution in [0.2, 0.25) is 0 Å². The molecule has 0 fully saturated rings. The average Bonchev–Trinajstić information content (AvgIpc) is 2.45. The summed E-state index contributed by atoms with van der Waals surface area (Å²) in [5.74, 6) is -1.05. The minimum Gasteiger partial charge on any atom is -0.480 e. The van der Waals surface area contributed by atoms with Crippen LogP contribution in [0.5, 0.6) is 0 Å². The van der Waals surface area contributed by atoms with E-state index in [0.717, 1.165) is 0 Å². The van der Waals surface area contributed by atoms with Crippen LogP contribution in [0.3, 0.4) is 0 Å². The quantitative estimate of drug-likeness (QED) is 0.420. The molecule has 0 heterocycles. The smallest absolute Gasteiger partial charge is 0.326 e. The Labute approximate surface area is 125 Å². The molecule has 0 aliphatic rings. The van der Waals surface area contributed by atoms with E-state index in [1.165, 1.54) is 0 Å². The predicted octanol–water partition coefficient (Wildman–Crippen LogP) is 0.219. The highest BCUT2D eigenvalue weighted by atomic mass is 16.5. The molecule has 0 aromatic rings. The lowest BCUT2D eigenvalue weighted by Gasteiger charge is -2.15. The van der Waals surface area contributed by atoms with Gasteiger partial charge in [-0.05, 0) is 19.3 Å². The van der Waals surface area contributed by atoms with E-state index in [9.17, 15) is 9.59 Å². The fourth-order valence-electron chi connectivity index (χ4n) is 1.52. The van der Waals surface area contributed by atoms with Crippen molar-refractivity contribution < 1.29 is 28.9 Å². The average molecular weight is 306 g/mol. The number of carboxylic acids is 1. The Morgan fingerprint density at radius 3 is 2.38 bits per heavy atom. The first-order valence-electron chi connectivity index (χ1n) is 6.94. The number of carbonyl (C=O) groups excluding carboxylic acids is 1. The molecule has 3 N–H and O–H groups in total. The van der Waals surface area contributed by atoms with Crippen LogP contribution < -0.4 is 10.6 Å². The Balaban J connectivity index is 3.70. The number of carbonyl (C=O) groups is 2. The fourth-order valence-corrected chi connectivity index (χ4v) is 1.52. The Bertz CT molecular complexity index is 288. The van der Waals surface area contributed by atoms with E-state index in [2.05, 4.69) is 10.6 Å². The van der Waals surface area contributed by atoms with Crippen molar-refractivity contribution in [3.63, 3.8) is 0 Å². The molecule has 0 saturated heterocycles. The van der Waals surface area contributed by atoms with Crippen molar-refractivity contribution in [1.29, 1.82) is 0 Å². The van der Waals surface area contributed by atoms with Gasteiger partial charge in [-0.15, -0.1) is 0 Å². The van der Waals surface area contributed by atoms with Gasteiger partial charge in [-0.1, -0.05) is 0 Å². The van der Waals surface area contributed by atoms with Crippen LogP contribution in [0.15, 0.2) is 0 Å². The zero-order chi connectivity index (χ0) is 15.9. The van der Waals surface area contributed by atoms with E-state index < -0.39 is 18.0 Å². The van der Waals surface area contributed by atoms with Crippen LogP contribution in [0, 0.1) is 0 Å². The zero-order valence-corrected chi connectivity index (χ0v) is 12.7. The summed E-state index contributed by atoms with van der Waals surface area (Å²) in [5.41, 5.74) is 0. The molecule has 8 heteroatoms. The normalized spacial score (nSPS) is 11.9. The summed E-state index contributed by atoms with van der Waals surface area (Å²) < 4.78 is 14.9. The molecule has 0 aromatic carbocycles. The summed E-state index contributed by atoms with van der Waals surface area (Å²) in [6.07, 6.45) is 1.55. The van der Waals surface area contributed by atoms with Crippen molar-refractivity contribution in [2.24, 2.45) is 0 Å². The number of amides is 2. The van der Waals surface area contributed by atoms with Gasteiger partial charge >= 0.3 is 12.0 Å².